The smallest absolute Gasteiger partial charge is 0.210 e. The highest BCUT2D eigenvalue weighted by Crippen LogP contribution is 2.32. The SMILES string of the molecule is O=c1cc(-c2ccccc2)[nH]c2nc(-c3ccccc3)c(-c3ccc4ncccc4c3)nc12. The summed E-state index contributed by atoms with van der Waals surface area (Å²) in [7, 11) is 0. The Labute approximate surface area is 189 Å². The molecule has 0 radical (unpaired) electrons. The molecule has 0 aliphatic rings. The first-order chi connectivity index (χ1) is 16.3. The molecule has 0 spiro atoms. The predicted octanol–water partition coefficient (Wildman–Crippen LogP) is 5.87. The van der Waals surface area contributed by atoms with Crippen LogP contribution in [0.1, 0.15) is 0 Å². The molecule has 0 bridgehead atoms. The quantitative estimate of drug-likeness (QED) is 0.384. The summed E-state index contributed by atoms with van der Waals surface area (Å²) in [6.45, 7) is 0. The maximum Gasteiger partial charge on any atom is 0.210 e. The largest absolute Gasteiger partial charge is 0.338 e. The first kappa shape index (κ1) is 19.1. The number of hydrogen-bond acceptors (Lipinski definition) is 4. The third-order valence-corrected chi connectivity index (χ3v) is 5.67. The van der Waals surface area contributed by atoms with Crippen LogP contribution in [0.3, 0.4) is 0 Å². The summed E-state index contributed by atoms with van der Waals surface area (Å²) in [5.74, 6) is 0. The number of aromatic amines is 1. The van der Waals surface area contributed by atoms with Crippen molar-refractivity contribution >= 4 is 22.1 Å². The summed E-state index contributed by atoms with van der Waals surface area (Å²) in [6.07, 6.45) is 1.77. The average Bonchev–Trinajstić information content (AvgIpc) is 2.89. The molecule has 3 heterocycles. The van der Waals surface area contributed by atoms with Crippen molar-refractivity contribution < 1.29 is 0 Å². The van der Waals surface area contributed by atoms with Crippen LogP contribution in [0.25, 0.3) is 55.8 Å². The van der Waals surface area contributed by atoms with Gasteiger partial charge in [0.25, 0.3) is 0 Å². The normalized spacial score (nSPS) is 11.2. The Bertz CT molecular complexity index is 1680. The van der Waals surface area contributed by atoms with Crippen LogP contribution >= 0.6 is 0 Å². The number of rotatable bonds is 3. The Hall–Kier alpha value is -4.64. The van der Waals surface area contributed by atoms with E-state index in [0.717, 1.165) is 27.6 Å². The van der Waals surface area contributed by atoms with Crippen molar-refractivity contribution in [1.29, 1.82) is 0 Å². The average molecular weight is 426 g/mol. The lowest BCUT2D eigenvalue weighted by Crippen LogP contribution is -2.08. The Morgan fingerprint density at radius 2 is 1.36 bits per heavy atom. The van der Waals surface area contributed by atoms with Crippen molar-refractivity contribution in [1.82, 2.24) is 19.9 Å². The fourth-order valence-electron chi connectivity index (χ4n) is 4.05. The van der Waals surface area contributed by atoms with Gasteiger partial charge in [0, 0.05) is 28.8 Å². The maximum atomic E-state index is 13.1. The van der Waals surface area contributed by atoms with E-state index in [1.54, 1.807) is 12.3 Å². The number of nitrogens with one attached hydrogen (secondary N) is 1. The van der Waals surface area contributed by atoms with Gasteiger partial charge in [0.15, 0.2) is 11.2 Å². The molecule has 0 aliphatic carbocycles. The van der Waals surface area contributed by atoms with Crippen molar-refractivity contribution in [3.05, 3.63) is 113 Å². The van der Waals surface area contributed by atoms with E-state index < -0.39 is 0 Å². The van der Waals surface area contributed by atoms with E-state index in [4.69, 9.17) is 9.97 Å². The number of H-pyrrole nitrogens is 1. The minimum absolute atomic E-state index is 0.168. The number of nitrogens with zero attached hydrogens (tertiary/aromatic N) is 3. The zero-order valence-corrected chi connectivity index (χ0v) is 17.6. The van der Waals surface area contributed by atoms with Gasteiger partial charge in [0.1, 0.15) is 0 Å². The Balaban J connectivity index is 1.64. The molecule has 0 amide bonds. The Kier molecular flexibility index (Phi) is 4.51. The van der Waals surface area contributed by atoms with Crippen LogP contribution in [0, 0.1) is 0 Å². The third-order valence-electron chi connectivity index (χ3n) is 5.67. The summed E-state index contributed by atoms with van der Waals surface area (Å²) in [5.41, 5.74) is 6.35. The van der Waals surface area contributed by atoms with Crippen LogP contribution < -0.4 is 5.43 Å². The maximum absolute atomic E-state index is 13.1. The molecule has 5 nitrogen and oxygen atoms in total. The molecule has 0 saturated heterocycles. The molecule has 0 unspecified atom stereocenters. The lowest BCUT2D eigenvalue weighted by molar-refractivity contribution is 1.22. The van der Waals surface area contributed by atoms with Crippen molar-refractivity contribution in [3.8, 4) is 33.8 Å². The van der Waals surface area contributed by atoms with Crippen LogP contribution in [0.2, 0.25) is 0 Å². The van der Waals surface area contributed by atoms with Gasteiger partial charge in [0.05, 0.1) is 22.6 Å². The summed E-state index contributed by atoms with van der Waals surface area (Å²) in [4.78, 5) is 30.6. The van der Waals surface area contributed by atoms with Gasteiger partial charge in [-0.1, -0.05) is 72.8 Å². The second-order valence-electron chi connectivity index (χ2n) is 7.81. The second-order valence-corrected chi connectivity index (χ2v) is 7.81. The molecule has 0 fully saturated rings. The lowest BCUT2D eigenvalue weighted by atomic mass is 10.0. The highest BCUT2D eigenvalue weighted by atomic mass is 16.1. The summed E-state index contributed by atoms with van der Waals surface area (Å²) in [6, 6.07) is 31.1. The van der Waals surface area contributed by atoms with E-state index in [1.165, 1.54) is 0 Å². The van der Waals surface area contributed by atoms with Gasteiger partial charge in [-0.15, -0.1) is 0 Å². The molecule has 0 saturated carbocycles. The Morgan fingerprint density at radius 1 is 0.636 bits per heavy atom. The fourth-order valence-corrected chi connectivity index (χ4v) is 4.05. The van der Waals surface area contributed by atoms with Gasteiger partial charge in [-0.25, -0.2) is 9.97 Å². The minimum atomic E-state index is -0.168. The van der Waals surface area contributed by atoms with Gasteiger partial charge in [-0.05, 0) is 23.8 Å². The van der Waals surface area contributed by atoms with Gasteiger partial charge in [-0.3, -0.25) is 9.78 Å². The van der Waals surface area contributed by atoms with Crippen LogP contribution in [0.15, 0.2) is 108 Å². The first-order valence-electron chi connectivity index (χ1n) is 10.7. The van der Waals surface area contributed by atoms with E-state index in [0.29, 0.717) is 28.2 Å². The minimum Gasteiger partial charge on any atom is -0.338 e. The van der Waals surface area contributed by atoms with E-state index in [9.17, 15) is 4.79 Å². The summed E-state index contributed by atoms with van der Waals surface area (Å²) in [5, 5.41) is 1.00. The fraction of sp³-hybridized carbons (Fsp3) is 0. The number of pyridine rings is 2. The highest BCUT2D eigenvalue weighted by Gasteiger charge is 2.16. The second kappa shape index (κ2) is 7.80. The lowest BCUT2D eigenvalue weighted by Gasteiger charge is -2.12. The van der Waals surface area contributed by atoms with Gasteiger partial charge in [-0.2, -0.15) is 0 Å². The summed E-state index contributed by atoms with van der Waals surface area (Å²) < 4.78 is 0. The van der Waals surface area contributed by atoms with Crippen molar-refractivity contribution in [2.45, 2.75) is 0 Å². The van der Waals surface area contributed by atoms with E-state index >= 15 is 0 Å². The zero-order chi connectivity index (χ0) is 22.2. The Morgan fingerprint density at radius 3 is 2.15 bits per heavy atom. The topological polar surface area (TPSA) is 71.5 Å². The number of fused-ring (bicyclic) bond motifs is 2. The molecule has 0 aliphatic heterocycles. The molecule has 0 atom stereocenters. The van der Waals surface area contributed by atoms with Crippen molar-refractivity contribution in [3.63, 3.8) is 0 Å². The highest BCUT2D eigenvalue weighted by molar-refractivity contribution is 5.90. The summed E-state index contributed by atoms with van der Waals surface area (Å²) >= 11 is 0. The predicted molar refractivity (Wildman–Crippen MR) is 132 cm³/mol. The van der Waals surface area contributed by atoms with E-state index in [-0.39, 0.29) is 5.43 Å². The monoisotopic (exact) mass is 426 g/mol. The van der Waals surface area contributed by atoms with Crippen molar-refractivity contribution in [2.24, 2.45) is 0 Å². The van der Waals surface area contributed by atoms with Crippen LogP contribution in [-0.2, 0) is 0 Å². The van der Waals surface area contributed by atoms with Crippen LogP contribution in [-0.4, -0.2) is 19.9 Å². The molecule has 3 aromatic carbocycles. The number of hydrogen-bond donors (Lipinski definition) is 1. The van der Waals surface area contributed by atoms with Crippen LogP contribution in [0.5, 0.6) is 0 Å². The molecule has 6 rings (SSSR count). The van der Waals surface area contributed by atoms with E-state index in [2.05, 4.69) is 9.97 Å². The van der Waals surface area contributed by atoms with Gasteiger partial charge >= 0.3 is 0 Å². The third kappa shape index (κ3) is 3.46. The molecule has 5 heteroatoms. The molecule has 1 N–H and O–H groups in total. The molecular formula is C28H18N4O. The molecular weight excluding hydrogens is 408 g/mol. The van der Waals surface area contributed by atoms with E-state index in [1.807, 2.05) is 91.0 Å². The molecule has 3 aromatic heterocycles. The zero-order valence-electron chi connectivity index (χ0n) is 17.6. The van der Waals surface area contributed by atoms with Crippen molar-refractivity contribution in [2.75, 3.05) is 0 Å². The van der Waals surface area contributed by atoms with Crippen LogP contribution in [0.4, 0.5) is 0 Å². The molecule has 33 heavy (non-hydrogen) atoms. The van der Waals surface area contributed by atoms with Gasteiger partial charge in [0.2, 0.25) is 5.43 Å². The van der Waals surface area contributed by atoms with Gasteiger partial charge < -0.3 is 4.98 Å². The number of aromatic nitrogens is 4. The standard InChI is InChI=1S/C28H18N4O/c33-24-17-23(18-8-3-1-4-9-18)30-28-27(24)31-26(25(32-28)19-10-5-2-6-11-19)21-13-14-22-20(16-21)12-7-15-29-22/h1-17H,(H,30,32,33). The molecule has 156 valence electrons. The molecule has 6 aromatic rings. The number of benzene rings is 3. The first-order valence-corrected chi connectivity index (χ1v) is 10.7.